The minimum absolute atomic E-state index is 0.126. The van der Waals surface area contributed by atoms with Gasteiger partial charge in [0.2, 0.25) is 5.91 Å². The van der Waals surface area contributed by atoms with Gasteiger partial charge in [0, 0.05) is 28.1 Å². The van der Waals surface area contributed by atoms with E-state index in [0.29, 0.717) is 16.9 Å². The lowest BCUT2D eigenvalue weighted by molar-refractivity contribution is -0.159. The van der Waals surface area contributed by atoms with Gasteiger partial charge >= 0.3 is 32.6 Å². The van der Waals surface area contributed by atoms with Crippen molar-refractivity contribution >= 4 is 44.5 Å². The van der Waals surface area contributed by atoms with E-state index in [1.807, 2.05) is 41.5 Å². The molecule has 13 nitrogen and oxygen atoms in total. The van der Waals surface area contributed by atoms with Gasteiger partial charge in [-0.2, -0.15) is 0 Å². The van der Waals surface area contributed by atoms with Crippen LogP contribution in [0, 0.1) is 0 Å². The number of methoxy groups -OCH3 is 1. The van der Waals surface area contributed by atoms with Crippen LogP contribution in [0.1, 0.15) is 121 Å². The SMILES string of the molecule is COC(=O)[C@H](CC(=O)OC(C)(C)C)NC(=O)[C@H](Cc1ccc(O[Si](O)(C(C)(C)C)C(C)(C)C)c(/C=C/C(=O)OC(C)(C)C)c1)NC(=O)OC(C)(C)C. The highest BCUT2D eigenvalue weighted by molar-refractivity contribution is 6.72. The highest BCUT2D eigenvalue weighted by Gasteiger charge is 2.57. The third kappa shape index (κ3) is 15.4. The average Bonchev–Trinajstić information content (AvgIpc) is 2.91. The van der Waals surface area contributed by atoms with Crippen molar-refractivity contribution in [2.75, 3.05) is 7.11 Å². The zero-order valence-electron chi connectivity index (χ0n) is 34.0. The number of amides is 2. The highest BCUT2D eigenvalue weighted by atomic mass is 28.4. The summed E-state index contributed by atoms with van der Waals surface area (Å²) in [6.45, 7) is 26.7. The van der Waals surface area contributed by atoms with E-state index in [4.69, 9.17) is 23.4 Å². The van der Waals surface area contributed by atoms with E-state index < -0.39 is 83.9 Å². The van der Waals surface area contributed by atoms with Gasteiger partial charge in [0.15, 0.2) is 0 Å². The molecule has 0 aliphatic heterocycles. The minimum Gasteiger partial charge on any atom is -0.519 e. The van der Waals surface area contributed by atoms with Crippen molar-refractivity contribution in [2.45, 2.75) is 156 Å². The van der Waals surface area contributed by atoms with Crippen LogP contribution in [0.15, 0.2) is 24.3 Å². The van der Waals surface area contributed by atoms with E-state index in [-0.39, 0.29) is 6.42 Å². The maximum atomic E-state index is 13.8. The molecule has 0 saturated heterocycles. The molecule has 0 aromatic heterocycles. The van der Waals surface area contributed by atoms with Crippen molar-refractivity contribution in [3.8, 4) is 5.75 Å². The molecule has 2 atom stereocenters. The number of hydrogen-bond acceptors (Lipinski definition) is 11. The van der Waals surface area contributed by atoms with Crippen molar-refractivity contribution in [3.63, 3.8) is 0 Å². The first-order chi connectivity index (χ1) is 23.3. The summed E-state index contributed by atoms with van der Waals surface area (Å²) in [6.07, 6.45) is 1.20. The van der Waals surface area contributed by atoms with Gasteiger partial charge in [0.1, 0.15) is 34.6 Å². The summed E-state index contributed by atoms with van der Waals surface area (Å²) < 4.78 is 27.5. The molecule has 0 spiro atoms. The van der Waals surface area contributed by atoms with Crippen LogP contribution in [0.2, 0.25) is 10.1 Å². The topological polar surface area (TPSA) is 176 Å². The van der Waals surface area contributed by atoms with Gasteiger partial charge in [-0.3, -0.25) is 9.59 Å². The molecular formula is C38H62N2O11Si. The molecule has 52 heavy (non-hydrogen) atoms. The summed E-state index contributed by atoms with van der Waals surface area (Å²) in [5.41, 5.74) is -1.57. The molecular weight excluding hydrogens is 689 g/mol. The molecule has 1 rings (SSSR count). The van der Waals surface area contributed by atoms with Crippen LogP contribution in [-0.4, -0.2) is 79.3 Å². The molecule has 0 radical (unpaired) electrons. The second kappa shape index (κ2) is 17.3. The lowest BCUT2D eigenvalue weighted by Gasteiger charge is -2.45. The second-order valence-electron chi connectivity index (χ2n) is 17.8. The molecule has 1 aromatic carbocycles. The normalized spacial score (nSPS) is 14.2. The molecule has 0 unspecified atom stereocenters. The Morgan fingerprint density at radius 3 is 1.73 bits per heavy atom. The number of esters is 3. The Balaban J connectivity index is 3.74. The fraction of sp³-hybridized carbons (Fsp3) is 0.658. The predicted octanol–water partition coefficient (Wildman–Crippen LogP) is 6.28. The van der Waals surface area contributed by atoms with Crippen LogP contribution in [0.25, 0.3) is 6.08 Å². The molecule has 294 valence electrons. The molecule has 3 N–H and O–H groups in total. The molecule has 0 aliphatic carbocycles. The summed E-state index contributed by atoms with van der Waals surface area (Å²) in [4.78, 5) is 76.8. The zero-order valence-corrected chi connectivity index (χ0v) is 35.0. The Labute approximate surface area is 310 Å². The number of benzene rings is 1. The van der Waals surface area contributed by atoms with Gasteiger partial charge in [0.25, 0.3) is 0 Å². The van der Waals surface area contributed by atoms with Gasteiger partial charge in [-0.1, -0.05) is 47.6 Å². The average molecular weight is 751 g/mol. The number of hydrogen-bond donors (Lipinski definition) is 3. The van der Waals surface area contributed by atoms with Crippen LogP contribution in [0.3, 0.4) is 0 Å². The van der Waals surface area contributed by atoms with E-state index in [9.17, 15) is 28.8 Å². The van der Waals surface area contributed by atoms with E-state index in [1.54, 1.807) is 80.5 Å². The molecule has 0 bridgehead atoms. The van der Waals surface area contributed by atoms with Crippen molar-refractivity contribution < 1.29 is 52.1 Å². The van der Waals surface area contributed by atoms with Gasteiger partial charge in [-0.05, 0) is 86.1 Å². The van der Waals surface area contributed by atoms with E-state index in [2.05, 4.69) is 10.6 Å². The zero-order chi connectivity index (χ0) is 40.7. The number of nitrogens with one attached hydrogen (secondary N) is 2. The summed E-state index contributed by atoms with van der Waals surface area (Å²) in [5, 5.41) is 3.84. The Kier molecular flexibility index (Phi) is 15.3. The number of ether oxygens (including phenoxy) is 4. The third-order valence-corrected chi connectivity index (χ3v) is 11.8. The summed E-state index contributed by atoms with van der Waals surface area (Å²) in [6, 6.07) is 2.21. The fourth-order valence-electron chi connectivity index (χ4n) is 5.08. The van der Waals surface area contributed by atoms with Gasteiger partial charge in [-0.15, -0.1) is 0 Å². The van der Waals surface area contributed by atoms with E-state index >= 15 is 0 Å². The summed E-state index contributed by atoms with van der Waals surface area (Å²) in [5.74, 6) is -2.75. The third-order valence-electron chi connectivity index (χ3n) is 7.21. The first-order valence-electron chi connectivity index (χ1n) is 17.3. The Hall–Kier alpha value is -3.91. The Morgan fingerprint density at radius 1 is 0.750 bits per heavy atom. The highest BCUT2D eigenvalue weighted by Crippen LogP contribution is 2.50. The summed E-state index contributed by atoms with van der Waals surface area (Å²) >= 11 is 0. The van der Waals surface area contributed by atoms with Crippen LogP contribution < -0.4 is 15.1 Å². The maximum absolute atomic E-state index is 13.8. The first kappa shape index (κ1) is 46.1. The molecule has 0 saturated carbocycles. The van der Waals surface area contributed by atoms with Crippen molar-refractivity contribution in [1.29, 1.82) is 0 Å². The second-order valence-corrected chi connectivity index (χ2v) is 22.3. The van der Waals surface area contributed by atoms with Gasteiger partial charge in [-0.25, -0.2) is 14.4 Å². The minimum atomic E-state index is -3.56. The Bertz CT molecular complexity index is 1460. The number of rotatable bonds is 12. The lowest BCUT2D eigenvalue weighted by Crippen LogP contribution is -2.57. The van der Waals surface area contributed by atoms with Crippen molar-refractivity contribution in [3.05, 3.63) is 35.4 Å². The molecule has 0 fully saturated rings. The smallest absolute Gasteiger partial charge is 0.408 e. The largest absolute Gasteiger partial charge is 0.519 e. The van der Waals surface area contributed by atoms with Crippen LogP contribution >= 0.6 is 0 Å². The van der Waals surface area contributed by atoms with E-state index in [1.165, 1.54) is 12.2 Å². The monoisotopic (exact) mass is 750 g/mol. The molecule has 0 heterocycles. The quantitative estimate of drug-likeness (QED) is 0.0949. The first-order valence-corrected chi connectivity index (χ1v) is 19.2. The number of alkyl carbamates (subject to hydrolysis) is 1. The van der Waals surface area contributed by atoms with Gasteiger partial charge in [0.05, 0.1) is 13.5 Å². The van der Waals surface area contributed by atoms with Crippen molar-refractivity contribution in [1.82, 2.24) is 10.6 Å². The molecule has 0 aliphatic rings. The molecule has 2 amide bonds. The number of carbonyl (C=O) groups excluding carboxylic acids is 5. The summed E-state index contributed by atoms with van der Waals surface area (Å²) in [7, 11) is -2.44. The number of carbonyl (C=O) groups is 5. The fourth-order valence-corrected chi connectivity index (χ4v) is 8.45. The molecule has 1 aromatic rings. The van der Waals surface area contributed by atoms with Crippen LogP contribution in [-0.2, 0) is 44.5 Å². The standard InChI is InChI=1S/C38H62N2O11Si/c1-34(2,3)48-29(41)20-18-25-21-24(17-19-28(25)51-52(46,37(10,11)12)38(13,14)15)22-26(40-33(45)50-36(7,8)9)31(43)39-27(32(44)47-16)23-30(42)49-35(4,5)6/h17-21,26-27,46H,22-23H2,1-16H3,(H,39,43)(H,40,45)/b20-18+/t26-,27-/m0/s1. The predicted molar refractivity (Wildman–Crippen MR) is 201 cm³/mol. The Morgan fingerprint density at radius 2 is 1.27 bits per heavy atom. The van der Waals surface area contributed by atoms with Crippen LogP contribution in [0.5, 0.6) is 5.75 Å². The van der Waals surface area contributed by atoms with Crippen molar-refractivity contribution in [2.24, 2.45) is 0 Å². The van der Waals surface area contributed by atoms with Gasteiger partial charge < -0.3 is 38.8 Å². The van der Waals surface area contributed by atoms with E-state index in [0.717, 1.165) is 7.11 Å². The lowest BCUT2D eigenvalue weighted by atomic mass is 10.0. The van der Waals surface area contributed by atoms with Crippen LogP contribution in [0.4, 0.5) is 4.79 Å². The maximum Gasteiger partial charge on any atom is 0.408 e. The molecule has 14 heteroatoms.